The second-order valence-corrected chi connectivity index (χ2v) is 4.75. The van der Waals surface area contributed by atoms with Crippen LogP contribution in [-0.2, 0) is 6.42 Å². The second-order valence-electron chi connectivity index (χ2n) is 4.75. The van der Waals surface area contributed by atoms with Crippen LogP contribution in [0.5, 0.6) is 0 Å². The van der Waals surface area contributed by atoms with Crippen LogP contribution in [0.1, 0.15) is 5.56 Å². The fourth-order valence-electron chi connectivity index (χ4n) is 2.66. The lowest BCUT2D eigenvalue weighted by Crippen LogP contribution is -2.17. The minimum atomic E-state index is -0.484. The molecule has 0 aliphatic carbocycles. The normalized spacial score (nSPS) is 13.1. The van der Waals surface area contributed by atoms with Crippen LogP contribution in [0.25, 0.3) is 0 Å². The maximum atomic E-state index is 13.5. The Balaban J connectivity index is 2.16. The molecule has 1 aliphatic rings. The number of halogens is 1. The van der Waals surface area contributed by atoms with Gasteiger partial charge in [-0.15, -0.1) is 0 Å². The van der Waals surface area contributed by atoms with Gasteiger partial charge in [0.2, 0.25) is 0 Å². The van der Waals surface area contributed by atoms with E-state index in [1.165, 1.54) is 18.2 Å². The average molecular weight is 288 g/mol. The highest BCUT2D eigenvalue weighted by Gasteiger charge is 2.28. The number of nitrogens with zero attached hydrogens (tertiary/aromatic N) is 2. The van der Waals surface area contributed by atoms with Crippen molar-refractivity contribution in [1.29, 1.82) is 0 Å². The second kappa shape index (κ2) is 5.02. The molecule has 2 aromatic rings. The Morgan fingerprint density at radius 3 is 2.81 bits per heavy atom. The van der Waals surface area contributed by atoms with Crippen molar-refractivity contribution in [3.05, 3.63) is 57.9 Å². The zero-order chi connectivity index (χ0) is 15.0. The quantitative estimate of drug-likeness (QED) is 0.515. The van der Waals surface area contributed by atoms with Crippen molar-refractivity contribution in [3.8, 4) is 0 Å². The molecule has 0 spiro atoms. The fraction of sp³-hybridized carbons (Fsp3) is 0.143. The molecule has 3 N–H and O–H groups in total. The van der Waals surface area contributed by atoms with E-state index in [1.807, 2.05) is 0 Å². The highest BCUT2D eigenvalue weighted by Crippen LogP contribution is 2.42. The van der Waals surface area contributed by atoms with Crippen molar-refractivity contribution in [2.24, 2.45) is 5.84 Å². The van der Waals surface area contributed by atoms with Gasteiger partial charge in [-0.1, -0.05) is 12.1 Å². The third-order valence-corrected chi connectivity index (χ3v) is 3.59. The number of nitrogens with one attached hydrogen (secondary N) is 1. The molecule has 108 valence electrons. The van der Waals surface area contributed by atoms with Crippen molar-refractivity contribution >= 4 is 22.7 Å². The molecule has 7 heteroatoms. The first-order valence-electron chi connectivity index (χ1n) is 6.42. The first-order valence-corrected chi connectivity index (χ1v) is 6.42. The van der Waals surface area contributed by atoms with Crippen LogP contribution >= 0.6 is 0 Å². The summed E-state index contributed by atoms with van der Waals surface area (Å²) in [6.45, 7) is 0.563. The molecule has 6 nitrogen and oxygen atoms in total. The molecule has 0 unspecified atom stereocenters. The highest BCUT2D eigenvalue weighted by molar-refractivity contribution is 5.82. The van der Waals surface area contributed by atoms with E-state index in [2.05, 4.69) is 5.43 Å². The van der Waals surface area contributed by atoms with Gasteiger partial charge >= 0.3 is 5.69 Å². The molecule has 0 aromatic heterocycles. The number of para-hydroxylation sites is 1. The zero-order valence-electron chi connectivity index (χ0n) is 11.0. The van der Waals surface area contributed by atoms with E-state index in [0.717, 1.165) is 5.56 Å². The maximum absolute atomic E-state index is 13.5. The van der Waals surface area contributed by atoms with Crippen LogP contribution in [0, 0.1) is 15.9 Å². The number of rotatable bonds is 3. The number of nitro benzene ring substituents is 1. The molecule has 0 saturated carbocycles. The molecule has 1 heterocycles. The van der Waals surface area contributed by atoms with E-state index in [1.54, 1.807) is 23.1 Å². The molecule has 1 aliphatic heterocycles. The topological polar surface area (TPSA) is 84.4 Å². The molecule has 0 atom stereocenters. The Bertz CT molecular complexity index is 720. The van der Waals surface area contributed by atoms with Gasteiger partial charge < -0.3 is 10.3 Å². The average Bonchev–Trinajstić information content (AvgIpc) is 2.89. The lowest BCUT2D eigenvalue weighted by atomic mass is 10.1. The fourth-order valence-corrected chi connectivity index (χ4v) is 2.66. The number of fused-ring (bicyclic) bond motifs is 1. The SMILES string of the molecule is NNc1cccc(N2CCc3ccc(F)cc32)c1[N+](=O)[O-]. The minimum Gasteiger partial charge on any atom is -0.335 e. The van der Waals surface area contributed by atoms with E-state index in [0.29, 0.717) is 24.3 Å². The first-order chi connectivity index (χ1) is 10.1. The molecule has 0 bridgehead atoms. The third-order valence-electron chi connectivity index (χ3n) is 3.59. The van der Waals surface area contributed by atoms with Crippen molar-refractivity contribution < 1.29 is 9.31 Å². The highest BCUT2D eigenvalue weighted by atomic mass is 19.1. The number of hydrogen-bond acceptors (Lipinski definition) is 5. The Hall–Kier alpha value is -2.67. The largest absolute Gasteiger partial charge is 0.335 e. The number of benzene rings is 2. The summed E-state index contributed by atoms with van der Waals surface area (Å²) in [6.07, 6.45) is 0.715. The van der Waals surface area contributed by atoms with E-state index in [9.17, 15) is 14.5 Å². The number of nitro groups is 1. The van der Waals surface area contributed by atoms with Crippen molar-refractivity contribution in [2.45, 2.75) is 6.42 Å². The monoisotopic (exact) mass is 288 g/mol. The van der Waals surface area contributed by atoms with Crippen LogP contribution in [0.15, 0.2) is 36.4 Å². The molecule has 2 aromatic carbocycles. The van der Waals surface area contributed by atoms with Gasteiger partial charge in [0.15, 0.2) is 0 Å². The molecule has 0 amide bonds. The summed E-state index contributed by atoms with van der Waals surface area (Å²) in [5, 5.41) is 11.3. The Kier molecular flexibility index (Phi) is 3.19. The van der Waals surface area contributed by atoms with Crippen LogP contribution in [-0.4, -0.2) is 11.5 Å². The van der Waals surface area contributed by atoms with E-state index in [-0.39, 0.29) is 17.2 Å². The molecule has 0 fully saturated rings. The van der Waals surface area contributed by atoms with Gasteiger partial charge in [-0.05, 0) is 36.2 Å². The Morgan fingerprint density at radius 2 is 2.10 bits per heavy atom. The molecule has 21 heavy (non-hydrogen) atoms. The number of hydrazine groups is 1. The van der Waals surface area contributed by atoms with Gasteiger partial charge in [0.05, 0.1) is 4.92 Å². The molecule has 0 saturated heterocycles. The third kappa shape index (κ3) is 2.17. The first kappa shape index (κ1) is 13.3. The summed E-state index contributed by atoms with van der Waals surface area (Å²) in [4.78, 5) is 12.6. The Labute approximate surface area is 120 Å². The van der Waals surface area contributed by atoms with E-state index >= 15 is 0 Å². The number of nitrogen functional groups attached to an aromatic ring is 1. The van der Waals surface area contributed by atoms with Gasteiger partial charge in [0.25, 0.3) is 0 Å². The van der Waals surface area contributed by atoms with E-state index in [4.69, 9.17) is 5.84 Å². The van der Waals surface area contributed by atoms with Gasteiger partial charge in [0.1, 0.15) is 17.2 Å². The minimum absolute atomic E-state index is 0.114. The standard InChI is InChI=1S/C14H13FN4O2/c15-10-5-4-9-6-7-18(13(9)8-10)12-3-1-2-11(17-16)14(12)19(20)21/h1-5,8,17H,6-7,16H2. The summed E-state index contributed by atoms with van der Waals surface area (Å²) < 4.78 is 13.5. The van der Waals surface area contributed by atoms with Crippen molar-refractivity contribution in [3.63, 3.8) is 0 Å². The van der Waals surface area contributed by atoms with Crippen molar-refractivity contribution in [1.82, 2.24) is 0 Å². The van der Waals surface area contributed by atoms with Crippen LogP contribution in [0.4, 0.5) is 27.1 Å². The molecular weight excluding hydrogens is 275 g/mol. The lowest BCUT2D eigenvalue weighted by Gasteiger charge is -2.20. The smallest absolute Gasteiger partial charge is 0.317 e. The van der Waals surface area contributed by atoms with Gasteiger partial charge in [-0.3, -0.25) is 16.0 Å². The maximum Gasteiger partial charge on any atom is 0.317 e. The zero-order valence-corrected chi connectivity index (χ0v) is 11.0. The summed E-state index contributed by atoms with van der Waals surface area (Å²) >= 11 is 0. The predicted octanol–water partition coefficient (Wildman–Crippen LogP) is 2.71. The van der Waals surface area contributed by atoms with Gasteiger partial charge in [-0.2, -0.15) is 0 Å². The Morgan fingerprint density at radius 1 is 1.29 bits per heavy atom. The van der Waals surface area contributed by atoms with E-state index < -0.39 is 4.92 Å². The van der Waals surface area contributed by atoms with Crippen LogP contribution in [0.2, 0.25) is 0 Å². The van der Waals surface area contributed by atoms with Gasteiger partial charge in [-0.25, -0.2) is 4.39 Å². The lowest BCUT2D eigenvalue weighted by molar-refractivity contribution is -0.383. The molecule has 0 radical (unpaired) electrons. The molecular formula is C14H13FN4O2. The summed E-state index contributed by atoms with van der Waals surface area (Å²) in [7, 11) is 0. The van der Waals surface area contributed by atoms with Gasteiger partial charge in [0, 0.05) is 12.2 Å². The summed E-state index contributed by atoms with van der Waals surface area (Å²) in [5.41, 5.74) is 4.48. The summed E-state index contributed by atoms with van der Waals surface area (Å²) in [5.74, 6) is 4.98. The van der Waals surface area contributed by atoms with Crippen LogP contribution < -0.4 is 16.2 Å². The molecule has 3 rings (SSSR count). The number of hydrogen-bond donors (Lipinski definition) is 2. The number of anilines is 3. The predicted molar refractivity (Wildman–Crippen MR) is 78.0 cm³/mol. The number of nitrogens with two attached hydrogens (primary N) is 1. The van der Waals surface area contributed by atoms with Crippen LogP contribution in [0.3, 0.4) is 0 Å². The summed E-state index contributed by atoms with van der Waals surface area (Å²) in [6, 6.07) is 9.35. The van der Waals surface area contributed by atoms with Crippen molar-refractivity contribution in [2.75, 3.05) is 16.9 Å².